The van der Waals surface area contributed by atoms with Crippen LogP contribution in [0.3, 0.4) is 0 Å². The second-order valence-corrected chi connectivity index (χ2v) is 7.03. The molecule has 0 radical (unpaired) electrons. The quantitative estimate of drug-likeness (QED) is 0.766. The van der Waals surface area contributed by atoms with Gasteiger partial charge in [-0.15, -0.1) is 0 Å². The first-order valence-corrected chi connectivity index (χ1v) is 9.28. The molecule has 1 N–H and O–H groups in total. The molecule has 1 heterocycles. The Morgan fingerprint density at radius 3 is 2.56 bits per heavy atom. The van der Waals surface area contributed by atoms with Crippen LogP contribution in [-0.4, -0.2) is 22.0 Å². The van der Waals surface area contributed by atoms with Crippen LogP contribution >= 0.6 is 11.6 Å². The lowest BCUT2D eigenvalue weighted by molar-refractivity contribution is 0.139. The molecule has 2 aromatic rings. The fourth-order valence-corrected chi connectivity index (χ4v) is 3.65. The zero-order valence-corrected chi connectivity index (χ0v) is 15.2. The Kier molecular flexibility index (Phi) is 5.92. The van der Waals surface area contributed by atoms with E-state index in [4.69, 9.17) is 11.6 Å². The number of nitrogens with one attached hydrogen (secondary N) is 1. The van der Waals surface area contributed by atoms with E-state index in [0.717, 1.165) is 24.1 Å². The Labute approximate surface area is 154 Å². The first-order valence-electron chi connectivity index (χ1n) is 8.90. The predicted octanol–water partition coefficient (Wildman–Crippen LogP) is 5.66. The molecule has 1 aliphatic rings. The number of amides is 2. The number of anilines is 1. The molecule has 3 rings (SSSR count). The smallest absolute Gasteiger partial charge is 0.315 e. The zero-order chi connectivity index (χ0) is 17.6. The van der Waals surface area contributed by atoms with Crippen molar-refractivity contribution in [3.05, 3.63) is 59.4 Å². The third-order valence-corrected chi connectivity index (χ3v) is 5.13. The van der Waals surface area contributed by atoms with Gasteiger partial charge in [-0.1, -0.05) is 36.9 Å². The van der Waals surface area contributed by atoms with Crippen LogP contribution in [0.25, 0.3) is 0 Å². The average Bonchev–Trinajstić information content (AvgIpc) is 2.65. The molecule has 0 aliphatic heterocycles. The average molecular weight is 358 g/mol. The predicted molar refractivity (Wildman–Crippen MR) is 102 cm³/mol. The molecule has 0 saturated heterocycles. The standard InChI is InChI=1S/C20H24ClN3O/c1-15(16-6-5-13-22-14-16)24(19-7-3-2-4-8-19)20(25)23-18-11-9-17(21)10-12-18/h5-6,9-15,19H,2-4,7-8H2,1H3,(H,23,25)/t15-/m1/s1. The molecular weight excluding hydrogens is 334 g/mol. The van der Waals surface area contributed by atoms with Crippen molar-refractivity contribution in [2.75, 3.05) is 5.32 Å². The minimum Gasteiger partial charge on any atom is -0.315 e. The first kappa shape index (κ1) is 17.7. The number of rotatable bonds is 4. The van der Waals surface area contributed by atoms with Crippen molar-refractivity contribution in [2.24, 2.45) is 0 Å². The molecule has 0 unspecified atom stereocenters. The molecule has 25 heavy (non-hydrogen) atoms. The van der Waals surface area contributed by atoms with Gasteiger partial charge in [0.05, 0.1) is 6.04 Å². The molecule has 0 bridgehead atoms. The van der Waals surface area contributed by atoms with Gasteiger partial charge < -0.3 is 10.2 Å². The van der Waals surface area contributed by atoms with Crippen LogP contribution in [0.5, 0.6) is 0 Å². The zero-order valence-electron chi connectivity index (χ0n) is 14.5. The van der Waals surface area contributed by atoms with Gasteiger partial charge in [-0.05, 0) is 55.7 Å². The van der Waals surface area contributed by atoms with Crippen molar-refractivity contribution in [2.45, 2.75) is 51.1 Å². The highest BCUT2D eigenvalue weighted by Gasteiger charge is 2.30. The van der Waals surface area contributed by atoms with Crippen LogP contribution in [0.4, 0.5) is 10.5 Å². The highest BCUT2D eigenvalue weighted by atomic mass is 35.5. The number of hydrogen-bond donors (Lipinski definition) is 1. The van der Waals surface area contributed by atoms with E-state index in [1.54, 1.807) is 18.3 Å². The van der Waals surface area contributed by atoms with E-state index in [1.165, 1.54) is 19.3 Å². The molecule has 1 atom stereocenters. The minimum absolute atomic E-state index is 0.0240. The van der Waals surface area contributed by atoms with E-state index in [2.05, 4.69) is 17.2 Å². The number of carbonyl (C=O) groups excluding carboxylic acids is 1. The SMILES string of the molecule is C[C@H](c1cccnc1)N(C(=O)Nc1ccc(Cl)cc1)C1CCCCC1. The Hall–Kier alpha value is -2.07. The lowest BCUT2D eigenvalue weighted by atomic mass is 9.92. The lowest BCUT2D eigenvalue weighted by Gasteiger charge is -2.38. The van der Waals surface area contributed by atoms with Gasteiger partial charge >= 0.3 is 6.03 Å². The van der Waals surface area contributed by atoms with Gasteiger partial charge in [0.25, 0.3) is 0 Å². The van der Waals surface area contributed by atoms with Crippen LogP contribution in [0.15, 0.2) is 48.8 Å². The second kappa shape index (κ2) is 8.34. The van der Waals surface area contributed by atoms with Crippen molar-refractivity contribution in [3.63, 3.8) is 0 Å². The molecule has 1 fully saturated rings. The van der Waals surface area contributed by atoms with E-state index in [9.17, 15) is 4.79 Å². The number of aromatic nitrogens is 1. The fraction of sp³-hybridized carbons (Fsp3) is 0.400. The van der Waals surface area contributed by atoms with E-state index >= 15 is 0 Å². The largest absolute Gasteiger partial charge is 0.322 e. The number of nitrogens with zero attached hydrogens (tertiary/aromatic N) is 2. The van der Waals surface area contributed by atoms with Crippen LogP contribution in [-0.2, 0) is 0 Å². The molecule has 1 saturated carbocycles. The topological polar surface area (TPSA) is 45.2 Å². The Morgan fingerprint density at radius 2 is 1.92 bits per heavy atom. The third-order valence-electron chi connectivity index (χ3n) is 4.88. The summed E-state index contributed by atoms with van der Waals surface area (Å²) >= 11 is 5.93. The molecule has 5 heteroatoms. The Bertz CT molecular complexity index is 684. The van der Waals surface area contributed by atoms with Crippen LogP contribution in [0.2, 0.25) is 5.02 Å². The summed E-state index contributed by atoms with van der Waals surface area (Å²) in [6.07, 6.45) is 9.32. The molecule has 0 spiro atoms. The highest BCUT2D eigenvalue weighted by Crippen LogP contribution is 2.30. The summed E-state index contributed by atoms with van der Waals surface area (Å²) in [5, 5.41) is 3.68. The lowest BCUT2D eigenvalue weighted by Crippen LogP contribution is -2.45. The van der Waals surface area contributed by atoms with E-state index in [1.807, 2.05) is 35.4 Å². The molecular formula is C20H24ClN3O. The summed E-state index contributed by atoms with van der Waals surface area (Å²) in [5.74, 6) is 0. The van der Waals surface area contributed by atoms with Gasteiger partial charge in [0.1, 0.15) is 0 Å². The fourth-order valence-electron chi connectivity index (χ4n) is 3.52. The van der Waals surface area contributed by atoms with Gasteiger partial charge in [-0.2, -0.15) is 0 Å². The number of halogens is 1. The summed E-state index contributed by atoms with van der Waals surface area (Å²) in [4.78, 5) is 19.3. The van der Waals surface area contributed by atoms with Crippen molar-refractivity contribution in [1.82, 2.24) is 9.88 Å². The van der Waals surface area contributed by atoms with Gasteiger partial charge in [0.15, 0.2) is 0 Å². The second-order valence-electron chi connectivity index (χ2n) is 6.60. The maximum atomic E-state index is 13.1. The van der Waals surface area contributed by atoms with Gasteiger partial charge in [0, 0.05) is 29.1 Å². The van der Waals surface area contributed by atoms with Gasteiger partial charge in [0.2, 0.25) is 0 Å². The maximum absolute atomic E-state index is 13.1. The molecule has 4 nitrogen and oxygen atoms in total. The van der Waals surface area contributed by atoms with Crippen LogP contribution in [0.1, 0.15) is 50.6 Å². The van der Waals surface area contributed by atoms with Gasteiger partial charge in [-0.25, -0.2) is 4.79 Å². The molecule has 1 aromatic carbocycles. The molecule has 1 aromatic heterocycles. The van der Waals surface area contributed by atoms with Crippen LogP contribution in [0, 0.1) is 0 Å². The normalized spacial score (nSPS) is 16.2. The maximum Gasteiger partial charge on any atom is 0.322 e. The van der Waals surface area contributed by atoms with Crippen molar-refractivity contribution < 1.29 is 4.79 Å². The monoisotopic (exact) mass is 357 g/mol. The summed E-state index contributed by atoms with van der Waals surface area (Å²) in [6, 6.07) is 11.3. The number of urea groups is 1. The summed E-state index contributed by atoms with van der Waals surface area (Å²) < 4.78 is 0. The van der Waals surface area contributed by atoms with Crippen molar-refractivity contribution in [1.29, 1.82) is 0 Å². The molecule has 1 aliphatic carbocycles. The number of benzene rings is 1. The number of pyridine rings is 1. The number of carbonyl (C=O) groups is 1. The van der Waals surface area contributed by atoms with E-state index < -0.39 is 0 Å². The summed E-state index contributed by atoms with van der Waals surface area (Å²) in [5.41, 5.74) is 1.81. The highest BCUT2D eigenvalue weighted by molar-refractivity contribution is 6.30. The summed E-state index contributed by atoms with van der Waals surface area (Å²) in [6.45, 7) is 2.08. The van der Waals surface area contributed by atoms with Crippen molar-refractivity contribution in [3.8, 4) is 0 Å². The van der Waals surface area contributed by atoms with Gasteiger partial charge in [-0.3, -0.25) is 4.98 Å². The van der Waals surface area contributed by atoms with E-state index in [-0.39, 0.29) is 18.1 Å². The van der Waals surface area contributed by atoms with Crippen molar-refractivity contribution >= 4 is 23.3 Å². The number of hydrogen-bond acceptors (Lipinski definition) is 2. The minimum atomic E-state index is -0.0643. The van der Waals surface area contributed by atoms with E-state index in [0.29, 0.717) is 5.02 Å². The molecule has 2 amide bonds. The molecule has 132 valence electrons. The first-order chi connectivity index (χ1) is 12.1. The Balaban J connectivity index is 1.82. The van der Waals surface area contributed by atoms with Crippen LogP contribution < -0.4 is 5.32 Å². The third kappa shape index (κ3) is 4.51. The Morgan fingerprint density at radius 1 is 1.20 bits per heavy atom. The summed E-state index contributed by atoms with van der Waals surface area (Å²) in [7, 11) is 0.